The molecule has 1 aromatic rings. The summed E-state index contributed by atoms with van der Waals surface area (Å²) in [4.78, 5) is 26.8. The minimum atomic E-state index is -4.00. The highest BCUT2D eigenvalue weighted by Crippen LogP contribution is 2.28. The normalized spacial score (nSPS) is 23.9. The van der Waals surface area contributed by atoms with Gasteiger partial charge in [-0.3, -0.25) is 9.59 Å². The molecule has 0 aromatic heterocycles. The molecule has 2 heterocycles. The maximum atomic E-state index is 13.1. The molecule has 2 saturated heterocycles. The number of aliphatic hydroxyl groups is 1. The zero-order valence-electron chi connectivity index (χ0n) is 17.0. The van der Waals surface area contributed by atoms with Gasteiger partial charge in [0.05, 0.1) is 11.0 Å². The van der Waals surface area contributed by atoms with E-state index in [1.54, 1.807) is 17.0 Å². The lowest BCUT2D eigenvalue weighted by molar-refractivity contribution is -0.161. The molecule has 0 saturated carbocycles. The van der Waals surface area contributed by atoms with Crippen molar-refractivity contribution in [1.82, 2.24) is 9.21 Å². The van der Waals surface area contributed by atoms with Crippen LogP contribution in [-0.2, 0) is 24.3 Å². The summed E-state index contributed by atoms with van der Waals surface area (Å²) >= 11 is 0. The summed E-state index contributed by atoms with van der Waals surface area (Å²) in [7, 11) is -4.00. The average molecular weight is 425 g/mol. The summed E-state index contributed by atoms with van der Waals surface area (Å²) in [5.41, 5.74) is 1.77. The van der Waals surface area contributed by atoms with E-state index in [1.807, 2.05) is 13.8 Å². The van der Waals surface area contributed by atoms with E-state index in [0.717, 1.165) is 28.3 Å². The molecule has 8 nitrogen and oxygen atoms in total. The molecule has 1 aromatic carbocycles. The molecule has 0 radical (unpaired) electrons. The van der Waals surface area contributed by atoms with Crippen molar-refractivity contribution in [1.29, 1.82) is 0 Å². The van der Waals surface area contributed by atoms with Crippen LogP contribution < -0.4 is 0 Å². The maximum absolute atomic E-state index is 13.1. The largest absolute Gasteiger partial charge is 0.451 e. The number of aryl methyl sites for hydroxylation is 2. The number of carbonyl (C=O) groups excluding carboxylic acids is 2. The monoisotopic (exact) mass is 424 g/mol. The molecule has 1 N–H and O–H groups in total. The number of benzene rings is 1. The van der Waals surface area contributed by atoms with Gasteiger partial charge in [-0.1, -0.05) is 6.07 Å². The van der Waals surface area contributed by atoms with Gasteiger partial charge >= 0.3 is 5.97 Å². The number of esters is 1. The Kier molecular flexibility index (Phi) is 6.30. The highest BCUT2D eigenvalue weighted by Gasteiger charge is 2.45. The fourth-order valence-electron chi connectivity index (χ4n) is 3.77. The third-order valence-electron chi connectivity index (χ3n) is 5.65. The Morgan fingerprint density at radius 3 is 2.45 bits per heavy atom. The first-order valence-electron chi connectivity index (χ1n) is 9.87. The predicted molar refractivity (Wildman–Crippen MR) is 106 cm³/mol. The van der Waals surface area contributed by atoms with Crippen molar-refractivity contribution < 1.29 is 27.9 Å². The molecule has 9 heteroatoms. The second kappa shape index (κ2) is 8.41. The number of amides is 1. The van der Waals surface area contributed by atoms with Crippen molar-refractivity contribution >= 4 is 21.9 Å². The predicted octanol–water partition coefficient (Wildman–Crippen LogP) is 0.981. The number of aliphatic hydroxyl groups excluding tert-OH is 1. The Balaban J connectivity index is 1.77. The molecule has 0 spiro atoms. The number of likely N-dealkylation sites (tertiary alicyclic amines) is 1. The molecule has 160 valence electrons. The van der Waals surface area contributed by atoms with E-state index >= 15 is 0 Å². The summed E-state index contributed by atoms with van der Waals surface area (Å²) < 4.78 is 32.5. The molecule has 2 aliphatic rings. The minimum Gasteiger partial charge on any atom is -0.451 e. The van der Waals surface area contributed by atoms with E-state index in [1.165, 1.54) is 13.0 Å². The van der Waals surface area contributed by atoms with Crippen molar-refractivity contribution in [2.45, 2.75) is 63.2 Å². The molecule has 1 amide bonds. The standard InChI is InChI=1S/C20H28N2O6S/c1-13-6-7-17(10-14(13)2)29(26,27)22-12-16(23)11-18(22)20(25)28-15(3)19(24)21-8-4-5-9-21/h6-7,10,15-16,18,23H,4-5,8-9,11-12H2,1-3H3/t15?,16?,18-/m0/s1. The number of carbonyl (C=O) groups is 2. The second-order valence-corrected chi connectivity index (χ2v) is 9.73. The topological polar surface area (TPSA) is 104 Å². The van der Waals surface area contributed by atoms with Crippen LogP contribution in [0, 0.1) is 13.8 Å². The smallest absolute Gasteiger partial charge is 0.325 e. The number of hydrogen-bond acceptors (Lipinski definition) is 6. The van der Waals surface area contributed by atoms with Crippen LogP contribution in [0.4, 0.5) is 0 Å². The van der Waals surface area contributed by atoms with Gasteiger partial charge in [0.15, 0.2) is 6.10 Å². The van der Waals surface area contributed by atoms with Crippen molar-refractivity contribution in [3.8, 4) is 0 Å². The van der Waals surface area contributed by atoms with Crippen molar-refractivity contribution in [2.24, 2.45) is 0 Å². The zero-order valence-corrected chi connectivity index (χ0v) is 17.8. The molecule has 29 heavy (non-hydrogen) atoms. The van der Waals surface area contributed by atoms with Crippen molar-refractivity contribution in [2.75, 3.05) is 19.6 Å². The Labute approximate surface area is 171 Å². The maximum Gasteiger partial charge on any atom is 0.325 e. The summed E-state index contributed by atoms with van der Waals surface area (Å²) in [6.45, 7) is 6.26. The van der Waals surface area contributed by atoms with Gasteiger partial charge in [0.1, 0.15) is 6.04 Å². The van der Waals surface area contributed by atoms with Gasteiger partial charge in [-0.25, -0.2) is 8.42 Å². The Morgan fingerprint density at radius 2 is 1.83 bits per heavy atom. The first-order chi connectivity index (χ1) is 13.6. The lowest BCUT2D eigenvalue weighted by Crippen LogP contribution is -2.45. The Bertz CT molecular complexity index is 894. The minimum absolute atomic E-state index is 0.0620. The fraction of sp³-hybridized carbons (Fsp3) is 0.600. The third-order valence-corrected chi connectivity index (χ3v) is 7.52. The van der Waals surface area contributed by atoms with Crippen LogP contribution >= 0.6 is 0 Å². The van der Waals surface area contributed by atoms with Crippen LogP contribution in [0.3, 0.4) is 0 Å². The van der Waals surface area contributed by atoms with Crippen molar-refractivity contribution in [3.05, 3.63) is 29.3 Å². The van der Waals surface area contributed by atoms with Gasteiger partial charge in [0, 0.05) is 26.1 Å². The van der Waals surface area contributed by atoms with Crippen LogP contribution in [0.5, 0.6) is 0 Å². The Morgan fingerprint density at radius 1 is 1.17 bits per heavy atom. The first-order valence-corrected chi connectivity index (χ1v) is 11.3. The quantitative estimate of drug-likeness (QED) is 0.707. The second-order valence-electron chi connectivity index (χ2n) is 7.84. The first kappa shape index (κ1) is 21.7. The lowest BCUT2D eigenvalue weighted by Gasteiger charge is -2.25. The Hall–Kier alpha value is -1.97. The highest BCUT2D eigenvalue weighted by atomic mass is 32.2. The summed E-state index contributed by atoms with van der Waals surface area (Å²) in [6, 6.07) is 3.59. The fourth-order valence-corrected chi connectivity index (χ4v) is 5.48. The average Bonchev–Trinajstić information content (AvgIpc) is 3.33. The summed E-state index contributed by atoms with van der Waals surface area (Å²) in [5, 5.41) is 10.1. The third kappa shape index (κ3) is 4.46. The number of nitrogens with zero attached hydrogens (tertiary/aromatic N) is 2. The molecule has 2 unspecified atom stereocenters. The van der Waals surface area contributed by atoms with E-state index in [4.69, 9.17) is 4.74 Å². The number of rotatable bonds is 5. The molecule has 3 atom stereocenters. The van der Waals surface area contributed by atoms with Crippen molar-refractivity contribution in [3.63, 3.8) is 0 Å². The zero-order chi connectivity index (χ0) is 21.3. The van der Waals surface area contributed by atoms with Gasteiger partial charge in [-0.15, -0.1) is 0 Å². The van der Waals surface area contributed by atoms with Crippen LogP contribution in [0.2, 0.25) is 0 Å². The molecular formula is C20H28N2O6S. The van der Waals surface area contributed by atoms with Crippen LogP contribution in [0.25, 0.3) is 0 Å². The molecule has 0 bridgehead atoms. The molecule has 3 rings (SSSR count). The van der Waals surface area contributed by atoms with E-state index in [-0.39, 0.29) is 23.8 Å². The van der Waals surface area contributed by atoms with Gasteiger partial charge in [-0.05, 0) is 56.9 Å². The van der Waals surface area contributed by atoms with Crippen LogP contribution in [-0.4, -0.2) is 72.5 Å². The van der Waals surface area contributed by atoms with Crippen LogP contribution in [0.15, 0.2) is 23.1 Å². The van der Waals surface area contributed by atoms with E-state index in [0.29, 0.717) is 13.1 Å². The molecule has 2 fully saturated rings. The molecule has 2 aliphatic heterocycles. The number of ether oxygens (including phenoxy) is 1. The van der Waals surface area contributed by atoms with Crippen LogP contribution in [0.1, 0.15) is 37.3 Å². The van der Waals surface area contributed by atoms with E-state index in [9.17, 15) is 23.1 Å². The van der Waals surface area contributed by atoms with Gasteiger partial charge in [-0.2, -0.15) is 4.31 Å². The van der Waals surface area contributed by atoms with E-state index in [2.05, 4.69) is 0 Å². The number of β-amino-alcohol motifs (C(OH)–C–C–N with tert-alkyl or cyclic N) is 1. The van der Waals surface area contributed by atoms with Gasteiger partial charge < -0.3 is 14.7 Å². The summed E-state index contributed by atoms with van der Waals surface area (Å²) in [5.74, 6) is -1.09. The van der Waals surface area contributed by atoms with Gasteiger partial charge in [0.25, 0.3) is 5.91 Å². The van der Waals surface area contributed by atoms with E-state index < -0.39 is 34.2 Å². The number of sulfonamides is 1. The number of hydrogen-bond donors (Lipinski definition) is 1. The summed E-state index contributed by atoms with van der Waals surface area (Å²) in [6.07, 6.45) is -0.192. The highest BCUT2D eigenvalue weighted by molar-refractivity contribution is 7.89. The lowest BCUT2D eigenvalue weighted by atomic mass is 10.1. The molecule has 0 aliphatic carbocycles. The molecular weight excluding hydrogens is 396 g/mol. The van der Waals surface area contributed by atoms with Gasteiger partial charge in [0.2, 0.25) is 10.0 Å². The SMILES string of the molecule is Cc1ccc(S(=O)(=O)N2CC(O)C[C@H]2C(=O)OC(C)C(=O)N2CCCC2)cc1C.